The zero-order valence-electron chi connectivity index (χ0n) is 12.1. The van der Waals surface area contributed by atoms with Gasteiger partial charge >= 0.3 is 0 Å². The highest BCUT2D eigenvalue weighted by Gasteiger charge is 2.33. The number of hydrogen-bond donors (Lipinski definition) is 0. The van der Waals surface area contributed by atoms with E-state index in [-0.39, 0.29) is 10.6 Å². The van der Waals surface area contributed by atoms with Gasteiger partial charge in [0.15, 0.2) is 0 Å². The maximum atomic E-state index is 11.2. The minimum Gasteiger partial charge on any atom is -0.296 e. The van der Waals surface area contributed by atoms with Gasteiger partial charge in [0.05, 0.1) is 4.92 Å². The Morgan fingerprint density at radius 1 is 1.24 bits per heavy atom. The molecular formula is C16H21ClN2O2. The Balaban J connectivity index is 1.82. The molecule has 2 aliphatic rings. The predicted octanol–water partition coefficient (Wildman–Crippen LogP) is 4.40. The van der Waals surface area contributed by atoms with E-state index in [0.29, 0.717) is 17.6 Å². The second-order valence-electron chi connectivity index (χ2n) is 6.25. The third kappa shape index (κ3) is 3.22. The van der Waals surface area contributed by atoms with Crippen molar-refractivity contribution in [3.8, 4) is 0 Å². The molecule has 0 radical (unpaired) electrons. The summed E-state index contributed by atoms with van der Waals surface area (Å²) in [4.78, 5) is 13.4. The first kappa shape index (κ1) is 14.8. The molecule has 2 atom stereocenters. The van der Waals surface area contributed by atoms with Crippen molar-refractivity contribution in [1.29, 1.82) is 0 Å². The van der Waals surface area contributed by atoms with Crippen LogP contribution in [-0.4, -0.2) is 22.4 Å². The SMILES string of the molecule is O=[N+]([O-])c1ccc(Cl)cc1CN1CCC[C@H]2CCCC[C@H]21. The highest BCUT2D eigenvalue weighted by molar-refractivity contribution is 6.30. The van der Waals surface area contributed by atoms with Crippen LogP contribution < -0.4 is 0 Å². The lowest BCUT2D eigenvalue weighted by Gasteiger charge is -2.44. The number of benzene rings is 1. The maximum Gasteiger partial charge on any atom is 0.273 e. The zero-order chi connectivity index (χ0) is 14.8. The van der Waals surface area contributed by atoms with Gasteiger partial charge in [0, 0.05) is 29.2 Å². The van der Waals surface area contributed by atoms with E-state index < -0.39 is 0 Å². The molecule has 4 nitrogen and oxygen atoms in total. The average molecular weight is 309 g/mol. The van der Waals surface area contributed by atoms with Gasteiger partial charge < -0.3 is 0 Å². The van der Waals surface area contributed by atoms with Crippen molar-refractivity contribution in [2.45, 2.75) is 51.1 Å². The van der Waals surface area contributed by atoms with Gasteiger partial charge in [-0.05, 0) is 50.3 Å². The number of nitro benzene ring substituents is 1. The number of rotatable bonds is 3. The van der Waals surface area contributed by atoms with E-state index in [0.717, 1.165) is 18.0 Å². The lowest BCUT2D eigenvalue weighted by Crippen LogP contribution is -2.46. The monoisotopic (exact) mass is 308 g/mol. The Labute approximate surface area is 130 Å². The van der Waals surface area contributed by atoms with E-state index in [1.165, 1.54) is 44.6 Å². The molecule has 2 fully saturated rings. The van der Waals surface area contributed by atoms with Crippen molar-refractivity contribution in [2.24, 2.45) is 5.92 Å². The molecule has 21 heavy (non-hydrogen) atoms. The summed E-state index contributed by atoms with van der Waals surface area (Å²) in [6.45, 7) is 1.70. The van der Waals surface area contributed by atoms with Crippen LogP contribution in [0.3, 0.4) is 0 Å². The van der Waals surface area contributed by atoms with Crippen LogP contribution in [0, 0.1) is 16.0 Å². The van der Waals surface area contributed by atoms with Crippen LogP contribution in [0.4, 0.5) is 5.69 Å². The van der Waals surface area contributed by atoms with Crippen molar-refractivity contribution in [3.63, 3.8) is 0 Å². The van der Waals surface area contributed by atoms with Crippen LogP contribution in [0.1, 0.15) is 44.1 Å². The first-order valence-corrected chi connectivity index (χ1v) is 8.20. The molecule has 0 amide bonds. The minimum atomic E-state index is -0.298. The van der Waals surface area contributed by atoms with Gasteiger partial charge in [-0.15, -0.1) is 0 Å². The van der Waals surface area contributed by atoms with Crippen LogP contribution in [0.5, 0.6) is 0 Å². The Morgan fingerprint density at radius 2 is 2.00 bits per heavy atom. The quantitative estimate of drug-likeness (QED) is 0.614. The van der Waals surface area contributed by atoms with Gasteiger partial charge in [-0.25, -0.2) is 0 Å². The molecule has 114 valence electrons. The van der Waals surface area contributed by atoms with Crippen LogP contribution >= 0.6 is 11.6 Å². The lowest BCUT2D eigenvalue weighted by molar-refractivity contribution is -0.385. The lowest BCUT2D eigenvalue weighted by atomic mass is 9.78. The Hall–Kier alpha value is -1.13. The summed E-state index contributed by atoms with van der Waals surface area (Å²) in [7, 11) is 0. The summed E-state index contributed by atoms with van der Waals surface area (Å²) >= 11 is 6.04. The molecule has 0 unspecified atom stereocenters. The Morgan fingerprint density at radius 3 is 2.81 bits per heavy atom. The third-order valence-electron chi connectivity index (χ3n) is 4.97. The molecular weight excluding hydrogens is 288 g/mol. The molecule has 1 saturated heterocycles. The van der Waals surface area contributed by atoms with Crippen LogP contribution in [0.25, 0.3) is 0 Å². The van der Waals surface area contributed by atoms with Crippen LogP contribution in [-0.2, 0) is 6.54 Å². The number of likely N-dealkylation sites (tertiary alicyclic amines) is 1. The first-order chi connectivity index (χ1) is 10.1. The maximum absolute atomic E-state index is 11.2. The van der Waals surface area contributed by atoms with Crippen molar-refractivity contribution in [3.05, 3.63) is 38.9 Å². The van der Waals surface area contributed by atoms with Gasteiger partial charge in [0.2, 0.25) is 0 Å². The van der Waals surface area contributed by atoms with Gasteiger partial charge in [0.25, 0.3) is 5.69 Å². The highest BCUT2D eigenvalue weighted by Crippen LogP contribution is 2.37. The number of nitrogens with zero attached hydrogens (tertiary/aromatic N) is 2. The minimum absolute atomic E-state index is 0.192. The van der Waals surface area contributed by atoms with Gasteiger partial charge in [-0.2, -0.15) is 0 Å². The molecule has 1 saturated carbocycles. The summed E-state index contributed by atoms with van der Waals surface area (Å²) in [5, 5.41) is 11.8. The van der Waals surface area contributed by atoms with E-state index in [4.69, 9.17) is 11.6 Å². The van der Waals surface area contributed by atoms with Gasteiger partial charge in [0.1, 0.15) is 0 Å². The molecule has 5 heteroatoms. The van der Waals surface area contributed by atoms with E-state index in [2.05, 4.69) is 4.90 Å². The number of halogens is 1. The summed E-state index contributed by atoms with van der Waals surface area (Å²) < 4.78 is 0. The molecule has 3 rings (SSSR count). The van der Waals surface area contributed by atoms with E-state index in [9.17, 15) is 10.1 Å². The molecule has 0 aromatic heterocycles. The van der Waals surface area contributed by atoms with Crippen molar-refractivity contribution in [2.75, 3.05) is 6.54 Å². The summed E-state index contributed by atoms with van der Waals surface area (Å²) in [6, 6.07) is 5.49. The molecule has 0 N–H and O–H groups in total. The smallest absolute Gasteiger partial charge is 0.273 e. The number of hydrogen-bond acceptors (Lipinski definition) is 3. The third-order valence-corrected chi connectivity index (χ3v) is 5.20. The van der Waals surface area contributed by atoms with Crippen molar-refractivity contribution >= 4 is 17.3 Å². The zero-order valence-corrected chi connectivity index (χ0v) is 12.9. The fourth-order valence-electron chi connectivity index (χ4n) is 4.00. The van der Waals surface area contributed by atoms with E-state index in [1.807, 2.05) is 0 Å². The molecule has 1 aromatic rings. The molecule has 1 aliphatic heterocycles. The predicted molar refractivity (Wildman–Crippen MR) is 83.5 cm³/mol. The van der Waals surface area contributed by atoms with Crippen molar-refractivity contribution < 1.29 is 4.92 Å². The topological polar surface area (TPSA) is 46.4 Å². The second-order valence-corrected chi connectivity index (χ2v) is 6.69. The highest BCUT2D eigenvalue weighted by atomic mass is 35.5. The standard InChI is InChI=1S/C16H21ClN2O2/c17-14-7-8-16(19(20)21)13(10-14)11-18-9-3-5-12-4-1-2-6-15(12)18/h7-8,10,12,15H,1-6,9,11H2/t12-,15-/m1/s1. The first-order valence-electron chi connectivity index (χ1n) is 7.82. The van der Waals surface area contributed by atoms with Crippen molar-refractivity contribution in [1.82, 2.24) is 4.90 Å². The number of fused-ring (bicyclic) bond motifs is 1. The molecule has 0 bridgehead atoms. The summed E-state index contributed by atoms with van der Waals surface area (Å²) in [5.74, 6) is 0.783. The fraction of sp³-hybridized carbons (Fsp3) is 0.625. The molecule has 1 heterocycles. The Bertz CT molecular complexity index is 533. The normalized spacial score (nSPS) is 26.3. The number of piperidine rings is 1. The van der Waals surface area contributed by atoms with Crippen LogP contribution in [0.15, 0.2) is 18.2 Å². The summed E-state index contributed by atoms with van der Waals surface area (Å²) in [6.07, 6.45) is 7.70. The van der Waals surface area contributed by atoms with Crippen LogP contribution in [0.2, 0.25) is 5.02 Å². The molecule has 0 spiro atoms. The Kier molecular flexibility index (Phi) is 4.45. The van der Waals surface area contributed by atoms with Gasteiger partial charge in [-0.1, -0.05) is 24.4 Å². The number of nitro groups is 1. The fourth-order valence-corrected chi connectivity index (χ4v) is 4.20. The molecule has 1 aliphatic carbocycles. The van der Waals surface area contributed by atoms with E-state index >= 15 is 0 Å². The largest absolute Gasteiger partial charge is 0.296 e. The summed E-state index contributed by atoms with van der Waals surface area (Å²) in [5.41, 5.74) is 0.941. The van der Waals surface area contributed by atoms with Gasteiger partial charge in [-0.3, -0.25) is 15.0 Å². The molecule has 1 aromatic carbocycles. The van der Waals surface area contributed by atoms with E-state index in [1.54, 1.807) is 12.1 Å². The second kappa shape index (κ2) is 6.32. The average Bonchev–Trinajstić information content (AvgIpc) is 2.47.